The van der Waals surface area contributed by atoms with Crippen molar-refractivity contribution in [2.45, 2.75) is 51.6 Å². The van der Waals surface area contributed by atoms with E-state index in [9.17, 15) is 4.79 Å². The highest BCUT2D eigenvalue weighted by molar-refractivity contribution is 6.42. The summed E-state index contributed by atoms with van der Waals surface area (Å²) in [5.74, 6) is -0.121. The van der Waals surface area contributed by atoms with E-state index in [1.54, 1.807) is 6.21 Å². The highest BCUT2D eigenvalue weighted by Gasteiger charge is 2.15. The van der Waals surface area contributed by atoms with E-state index in [0.29, 0.717) is 29.2 Å². The molecule has 1 saturated carbocycles. The van der Waals surface area contributed by atoms with E-state index in [0.717, 1.165) is 40.6 Å². The molecule has 1 aliphatic rings. The van der Waals surface area contributed by atoms with Crippen LogP contribution in [0.1, 0.15) is 48.9 Å². The minimum atomic E-state index is -0.121. The molecule has 32 heavy (non-hydrogen) atoms. The van der Waals surface area contributed by atoms with Gasteiger partial charge in [-0.1, -0.05) is 66.7 Å². The summed E-state index contributed by atoms with van der Waals surface area (Å²) < 4.78 is 2.22. The quantitative estimate of drug-likeness (QED) is 0.344. The fraction of sp³-hybridized carbons (Fsp3) is 0.360. The number of aromatic nitrogens is 1. The molecule has 1 aromatic heterocycles. The predicted molar refractivity (Wildman–Crippen MR) is 133 cm³/mol. The van der Waals surface area contributed by atoms with E-state index in [1.165, 1.54) is 19.3 Å². The van der Waals surface area contributed by atoms with Crippen LogP contribution in [0.15, 0.2) is 47.6 Å². The second-order valence-electron chi connectivity index (χ2n) is 8.36. The Morgan fingerprint density at radius 2 is 1.91 bits per heavy atom. The second kappa shape index (κ2) is 10.5. The summed E-state index contributed by atoms with van der Waals surface area (Å²) in [7, 11) is 0. The number of halogens is 2. The van der Waals surface area contributed by atoms with Crippen molar-refractivity contribution in [1.82, 2.24) is 15.3 Å². The lowest BCUT2D eigenvalue weighted by Crippen LogP contribution is -2.38. The number of hydrogen-bond acceptors (Lipinski definition) is 3. The van der Waals surface area contributed by atoms with Crippen LogP contribution in [0.25, 0.3) is 10.9 Å². The summed E-state index contributed by atoms with van der Waals surface area (Å²) >= 11 is 12.3. The zero-order valence-corrected chi connectivity index (χ0v) is 19.7. The van der Waals surface area contributed by atoms with Crippen LogP contribution in [0.5, 0.6) is 0 Å². The third-order valence-corrected chi connectivity index (χ3v) is 6.88. The topological polar surface area (TPSA) is 58.4 Å². The van der Waals surface area contributed by atoms with Crippen molar-refractivity contribution in [3.63, 3.8) is 0 Å². The van der Waals surface area contributed by atoms with Crippen LogP contribution in [-0.4, -0.2) is 29.3 Å². The van der Waals surface area contributed by atoms with Gasteiger partial charge >= 0.3 is 0 Å². The summed E-state index contributed by atoms with van der Waals surface area (Å²) in [5.41, 5.74) is 6.88. The van der Waals surface area contributed by atoms with E-state index < -0.39 is 0 Å². The van der Waals surface area contributed by atoms with Gasteiger partial charge in [0.1, 0.15) is 0 Å². The number of fused-ring (bicyclic) bond motifs is 1. The van der Waals surface area contributed by atoms with Crippen LogP contribution in [0.3, 0.4) is 0 Å². The van der Waals surface area contributed by atoms with Crippen molar-refractivity contribution in [2.24, 2.45) is 5.10 Å². The van der Waals surface area contributed by atoms with Crippen LogP contribution in [-0.2, 0) is 11.3 Å². The van der Waals surface area contributed by atoms with Gasteiger partial charge in [0.05, 0.1) is 22.8 Å². The van der Waals surface area contributed by atoms with Crippen molar-refractivity contribution in [3.05, 3.63) is 69.3 Å². The maximum atomic E-state index is 12.2. The molecule has 0 spiro atoms. The summed E-state index contributed by atoms with van der Waals surface area (Å²) in [6.07, 6.45) is 7.81. The van der Waals surface area contributed by atoms with Crippen molar-refractivity contribution in [3.8, 4) is 0 Å². The molecule has 0 saturated heterocycles. The lowest BCUT2D eigenvalue weighted by atomic mass is 9.95. The third kappa shape index (κ3) is 5.34. The highest BCUT2D eigenvalue weighted by atomic mass is 35.5. The van der Waals surface area contributed by atoms with E-state index in [1.807, 2.05) is 30.3 Å². The first kappa shape index (κ1) is 22.8. The molecule has 0 unspecified atom stereocenters. The van der Waals surface area contributed by atoms with Gasteiger partial charge in [-0.25, -0.2) is 5.43 Å². The van der Waals surface area contributed by atoms with Gasteiger partial charge in [-0.3, -0.25) is 4.79 Å². The molecule has 2 N–H and O–H groups in total. The Morgan fingerprint density at radius 3 is 2.69 bits per heavy atom. The molecule has 1 heterocycles. The maximum Gasteiger partial charge on any atom is 0.254 e. The number of amides is 1. The SMILES string of the molecule is Cc1c(/C=N\NC(=O)CNC2CCCCC2)c2ccccc2n1Cc1ccc(Cl)c(Cl)c1. The molecule has 7 heteroatoms. The molecule has 5 nitrogen and oxygen atoms in total. The predicted octanol–water partition coefficient (Wildman–Crippen LogP) is 5.68. The zero-order valence-electron chi connectivity index (χ0n) is 18.2. The lowest BCUT2D eigenvalue weighted by molar-refractivity contribution is -0.120. The fourth-order valence-electron chi connectivity index (χ4n) is 4.40. The van der Waals surface area contributed by atoms with Crippen LogP contribution in [0.2, 0.25) is 10.0 Å². The number of rotatable bonds is 7. The molecular formula is C25H28Cl2N4O. The van der Waals surface area contributed by atoms with Crippen LogP contribution in [0.4, 0.5) is 0 Å². The molecule has 2 aromatic carbocycles. The number of carbonyl (C=O) groups excluding carboxylic acids is 1. The summed E-state index contributed by atoms with van der Waals surface area (Å²) in [6.45, 7) is 3.01. The van der Waals surface area contributed by atoms with Crippen molar-refractivity contribution in [2.75, 3.05) is 6.54 Å². The molecule has 0 aliphatic heterocycles. The lowest BCUT2D eigenvalue weighted by Gasteiger charge is -2.22. The molecule has 1 amide bonds. The number of carbonyl (C=O) groups is 1. The van der Waals surface area contributed by atoms with Gasteiger partial charge < -0.3 is 9.88 Å². The van der Waals surface area contributed by atoms with E-state index >= 15 is 0 Å². The van der Waals surface area contributed by atoms with Gasteiger partial charge in [0.2, 0.25) is 0 Å². The summed E-state index contributed by atoms with van der Waals surface area (Å²) in [6, 6.07) is 14.3. The molecule has 4 rings (SSSR count). The first-order chi connectivity index (χ1) is 15.5. The molecule has 0 bridgehead atoms. The Labute approximate surface area is 198 Å². The minimum Gasteiger partial charge on any atom is -0.340 e. The van der Waals surface area contributed by atoms with Crippen LogP contribution in [0, 0.1) is 6.92 Å². The van der Waals surface area contributed by atoms with Crippen LogP contribution < -0.4 is 10.7 Å². The van der Waals surface area contributed by atoms with Crippen molar-refractivity contribution >= 4 is 46.2 Å². The Kier molecular flexibility index (Phi) is 7.51. The van der Waals surface area contributed by atoms with Crippen molar-refractivity contribution < 1.29 is 4.79 Å². The first-order valence-corrected chi connectivity index (χ1v) is 11.9. The smallest absolute Gasteiger partial charge is 0.254 e. The Morgan fingerprint density at radius 1 is 1.12 bits per heavy atom. The number of hydrazone groups is 1. The maximum absolute atomic E-state index is 12.2. The van der Waals surface area contributed by atoms with Gasteiger partial charge in [0, 0.05) is 34.7 Å². The molecule has 3 aromatic rings. The normalized spacial score (nSPS) is 15.0. The van der Waals surface area contributed by atoms with Crippen molar-refractivity contribution in [1.29, 1.82) is 0 Å². The van der Waals surface area contributed by atoms with Crippen LogP contribution >= 0.6 is 23.2 Å². The number of para-hydroxylation sites is 1. The van der Waals surface area contributed by atoms with E-state index in [-0.39, 0.29) is 5.91 Å². The van der Waals surface area contributed by atoms with Gasteiger partial charge in [-0.05, 0) is 43.5 Å². The summed E-state index contributed by atoms with van der Waals surface area (Å²) in [5, 5.41) is 9.77. The average molecular weight is 471 g/mol. The highest BCUT2D eigenvalue weighted by Crippen LogP contribution is 2.28. The number of benzene rings is 2. The van der Waals surface area contributed by atoms with Gasteiger partial charge in [-0.2, -0.15) is 5.10 Å². The van der Waals surface area contributed by atoms with E-state index in [2.05, 4.69) is 39.5 Å². The summed E-state index contributed by atoms with van der Waals surface area (Å²) in [4.78, 5) is 12.2. The monoisotopic (exact) mass is 470 g/mol. The molecule has 1 aliphatic carbocycles. The molecular weight excluding hydrogens is 443 g/mol. The number of nitrogens with zero attached hydrogens (tertiary/aromatic N) is 2. The number of hydrogen-bond donors (Lipinski definition) is 2. The first-order valence-electron chi connectivity index (χ1n) is 11.1. The minimum absolute atomic E-state index is 0.121. The Bertz CT molecular complexity index is 1130. The third-order valence-electron chi connectivity index (χ3n) is 6.14. The van der Waals surface area contributed by atoms with Gasteiger partial charge in [0.15, 0.2) is 0 Å². The average Bonchev–Trinajstić information content (AvgIpc) is 3.07. The zero-order chi connectivity index (χ0) is 22.5. The second-order valence-corrected chi connectivity index (χ2v) is 9.17. The molecule has 0 radical (unpaired) electrons. The van der Waals surface area contributed by atoms with Gasteiger partial charge in [-0.15, -0.1) is 0 Å². The molecule has 168 valence electrons. The molecule has 1 fully saturated rings. The molecule has 0 atom stereocenters. The Hall–Kier alpha value is -2.34. The standard InChI is InChI=1S/C25H28Cl2N4O/c1-17-21(14-29-30-25(32)15-28-19-7-3-2-4-8-19)20-9-5-6-10-24(20)31(17)16-18-11-12-22(26)23(27)13-18/h5-6,9-14,19,28H,2-4,7-8,15-16H2,1H3,(H,30,32)/b29-14-. The number of nitrogens with one attached hydrogen (secondary N) is 2. The van der Waals surface area contributed by atoms with E-state index in [4.69, 9.17) is 23.2 Å². The fourth-order valence-corrected chi connectivity index (χ4v) is 4.72. The largest absolute Gasteiger partial charge is 0.340 e. The Balaban J connectivity index is 1.48. The van der Waals surface area contributed by atoms with Gasteiger partial charge in [0.25, 0.3) is 5.91 Å².